The summed E-state index contributed by atoms with van der Waals surface area (Å²) >= 11 is 0. The van der Waals surface area contributed by atoms with Crippen molar-refractivity contribution >= 4 is 11.9 Å². The van der Waals surface area contributed by atoms with Crippen molar-refractivity contribution in [2.24, 2.45) is 0 Å². The maximum Gasteiger partial charge on any atom is 0.306 e. The largest absolute Gasteiger partial charge is 0.462 e. The molecule has 0 spiro atoms. The Bertz CT molecular complexity index is 1190. The van der Waals surface area contributed by atoms with Gasteiger partial charge in [-0.05, 0) is 83.5 Å². The van der Waals surface area contributed by atoms with Gasteiger partial charge in [-0.2, -0.15) is 0 Å². The fourth-order valence-electron chi connectivity index (χ4n) is 7.43. The highest BCUT2D eigenvalue weighted by molar-refractivity contribution is 5.70. The van der Waals surface area contributed by atoms with E-state index in [-0.39, 0.29) is 25.2 Å². The summed E-state index contributed by atoms with van der Waals surface area (Å²) in [6.45, 7) is 7.49. The molecule has 0 N–H and O–H groups in total. The third-order valence-electron chi connectivity index (χ3n) is 11.4. The summed E-state index contributed by atoms with van der Waals surface area (Å²) in [5.74, 6) is -0.448. The zero-order chi connectivity index (χ0) is 46.3. The van der Waals surface area contributed by atoms with E-state index >= 15 is 0 Å². The van der Waals surface area contributed by atoms with Gasteiger partial charge in [0.05, 0.1) is 13.2 Å². The fraction of sp³-hybridized carbons (Fsp3) is 0.729. The van der Waals surface area contributed by atoms with Gasteiger partial charge in [0.1, 0.15) is 6.61 Å². The number of carbonyl (C=O) groups excluding carboxylic acids is 2. The van der Waals surface area contributed by atoms with Gasteiger partial charge in [0, 0.05) is 12.8 Å². The molecule has 64 heavy (non-hydrogen) atoms. The Morgan fingerprint density at radius 3 is 1.16 bits per heavy atom. The predicted molar refractivity (Wildman–Crippen MR) is 279 cm³/mol. The van der Waals surface area contributed by atoms with Gasteiger partial charge in [-0.15, -0.1) is 0 Å². The summed E-state index contributed by atoms with van der Waals surface area (Å²) < 4.78 is 17.3. The molecule has 5 heteroatoms. The molecule has 0 aromatic heterocycles. The van der Waals surface area contributed by atoms with Crippen LogP contribution < -0.4 is 0 Å². The number of carbonyl (C=O) groups is 2. The average molecular weight is 891 g/mol. The number of unbranched alkanes of at least 4 members (excludes halogenated alkanes) is 24. The first kappa shape index (κ1) is 61.1. The maximum absolute atomic E-state index is 12.8. The molecule has 0 amide bonds. The van der Waals surface area contributed by atoms with E-state index < -0.39 is 6.10 Å². The molecular weight excluding hydrogens is 789 g/mol. The Labute approximate surface area is 397 Å². The first-order chi connectivity index (χ1) is 31.6. The molecule has 368 valence electrons. The van der Waals surface area contributed by atoms with Crippen molar-refractivity contribution in [3.05, 3.63) is 85.1 Å². The average Bonchev–Trinajstić information content (AvgIpc) is 3.30. The van der Waals surface area contributed by atoms with Gasteiger partial charge in [-0.1, -0.05) is 241 Å². The van der Waals surface area contributed by atoms with Crippen molar-refractivity contribution in [3.8, 4) is 0 Å². The first-order valence-electron chi connectivity index (χ1n) is 27.1. The zero-order valence-electron chi connectivity index (χ0n) is 42.3. The highest BCUT2D eigenvalue weighted by Crippen LogP contribution is 2.15. The van der Waals surface area contributed by atoms with Gasteiger partial charge in [-0.3, -0.25) is 9.59 Å². The van der Waals surface area contributed by atoms with E-state index in [1.807, 2.05) is 0 Å². The first-order valence-corrected chi connectivity index (χ1v) is 27.1. The molecule has 0 saturated carbocycles. The van der Waals surface area contributed by atoms with Crippen LogP contribution in [0.25, 0.3) is 0 Å². The molecule has 0 aliphatic carbocycles. The molecular formula is C59H102O5. The second-order valence-corrected chi connectivity index (χ2v) is 17.8. The predicted octanol–water partition coefficient (Wildman–Crippen LogP) is 18.5. The van der Waals surface area contributed by atoms with Gasteiger partial charge < -0.3 is 14.2 Å². The quantitative estimate of drug-likeness (QED) is 0.0346. The number of rotatable bonds is 49. The number of hydrogen-bond donors (Lipinski definition) is 0. The molecule has 0 heterocycles. The second kappa shape index (κ2) is 54.4. The SMILES string of the molecule is CC/C=C\C/C=C\C/C=C\C/C=C\C/C=C\CCOCC(COC(=O)CCCCCCCCCCCCCCCCCCC)OC(=O)CCCCCCC/C=C\C/C=C\CCCCC. The summed E-state index contributed by atoms with van der Waals surface area (Å²) in [4.78, 5) is 25.4. The van der Waals surface area contributed by atoms with Crippen molar-refractivity contribution < 1.29 is 23.8 Å². The number of esters is 2. The van der Waals surface area contributed by atoms with Crippen LogP contribution in [0.3, 0.4) is 0 Å². The highest BCUT2D eigenvalue weighted by atomic mass is 16.6. The number of hydrogen-bond acceptors (Lipinski definition) is 5. The molecule has 0 bridgehead atoms. The molecule has 0 rings (SSSR count). The van der Waals surface area contributed by atoms with Gasteiger partial charge in [0.25, 0.3) is 0 Å². The van der Waals surface area contributed by atoms with Crippen LogP contribution in [-0.2, 0) is 23.8 Å². The van der Waals surface area contributed by atoms with Crippen LogP contribution in [0, 0.1) is 0 Å². The Morgan fingerprint density at radius 2 is 0.703 bits per heavy atom. The lowest BCUT2D eigenvalue weighted by Crippen LogP contribution is -2.30. The van der Waals surface area contributed by atoms with Gasteiger partial charge in [0.2, 0.25) is 0 Å². The van der Waals surface area contributed by atoms with Crippen molar-refractivity contribution in [2.75, 3.05) is 19.8 Å². The Morgan fingerprint density at radius 1 is 0.359 bits per heavy atom. The summed E-state index contributed by atoms with van der Waals surface area (Å²) in [6, 6.07) is 0. The minimum absolute atomic E-state index is 0.0490. The molecule has 0 aromatic carbocycles. The summed E-state index contributed by atoms with van der Waals surface area (Å²) in [5.41, 5.74) is 0. The summed E-state index contributed by atoms with van der Waals surface area (Å²) in [5, 5.41) is 0. The van der Waals surface area contributed by atoms with Crippen molar-refractivity contribution in [3.63, 3.8) is 0 Å². The molecule has 0 radical (unpaired) electrons. The molecule has 0 saturated heterocycles. The van der Waals surface area contributed by atoms with Crippen molar-refractivity contribution in [1.82, 2.24) is 0 Å². The van der Waals surface area contributed by atoms with Gasteiger partial charge in [0.15, 0.2) is 6.10 Å². The van der Waals surface area contributed by atoms with Gasteiger partial charge in [-0.25, -0.2) is 0 Å². The highest BCUT2D eigenvalue weighted by Gasteiger charge is 2.17. The van der Waals surface area contributed by atoms with Crippen LogP contribution in [0.1, 0.15) is 252 Å². The minimum atomic E-state index is -0.585. The van der Waals surface area contributed by atoms with E-state index in [0.717, 1.165) is 83.5 Å². The molecule has 0 aliphatic heterocycles. The standard InChI is InChI=1S/C59H102O5/c1-4-7-10-13-16-19-22-25-28-30-32-34-37-40-43-46-49-52-58(60)63-56-57(55-62-54-51-48-45-42-39-36-33-29-26-23-20-17-14-11-8-5-2)64-59(61)53-50-47-44-41-38-35-31-27-24-21-18-15-12-9-6-3/h8,11,17-18,20-21,26-27,29,31,36,39,45,48,57H,4-7,9-10,12-16,19,22-25,28,30,32-35,37-38,40-44,46-47,49-56H2,1-3H3/b11-8-,20-17-,21-18-,29-26-,31-27-,39-36-,48-45-. The Hall–Kier alpha value is -2.92. The second-order valence-electron chi connectivity index (χ2n) is 17.8. The lowest BCUT2D eigenvalue weighted by atomic mass is 10.0. The number of allylic oxidation sites excluding steroid dienone is 13. The monoisotopic (exact) mass is 891 g/mol. The Kier molecular flexibility index (Phi) is 51.9. The van der Waals surface area contributed by atoms with E-state index in [2.05, 4.69) is 106 Å². The van der Waals surface area contributed by atoms with Crippen molar-refractivity contribution in [1.29, 1.82) is 0 Å². The molecule has 0 aromatic rings. The molecule has 0 aliphatic rings. The van der Waals surface area contributed by atoms with Crippen LogP contribution in [0.15, 0.2) is 85.1 Å². The zero-order valence-corrected chi connectivity index (χ0v) is 42.3. The van der Waals surface area contributed by atoms with Crippen LogP contribution >= 0.6 is 0 Å². The van der Waals surface area contributed by atoms with Crippen LogP contribution in [0.4, 0.5) is 0 Å². The van der Waals surface area contributed by atoms with E-state index in [4.69, 9.17) is 14.2 Å². The summed E-state index contributed by atoms with van der Waals surface area (Å²) in [6.07, 6.45) is 71.9. The normalized spacial score (nSPS) is 12.9. The van der Waals surface area contributed by atoms with Crippen LogP contribution in [-0.4, -0.2) is 37.9 Å². The van der Waals surface area contributed by atoms with Crippen molar-refractivity contribution in [2.45, 2.75) is 258 Å². The lowest BCUT2D eigenvalue weighted by Gasteiger charge is -2.18. The smallest absolute Gasteiger partial charge is 0.306 e. The third kappa shape index (κ3) is 51.7. The molecule has 1 unspecified atom stereocenters. The van der Waals surface area contributed by atoms with E-state index in [0.29, 0.717) is 19.4 Å². The molecule has 5 nitrogen and oxygen atoms in total. The fourth-order valence-corrected chi connectivity index (χ4v) is 7.43. The van der Waals surface area contributed by atoms with E-state index in [1.54, 1.807) is 0 Å². The Balaban J connectivity index is 4.38. The lowest BCUT2D eigenvalue weighted by molar-refractivity contribution is -0.162. The van der Waals surface area contributed by atoms with E-state index in [9.17, 15) is 9.59 Å². The molecule has 1 atom stereocenters. The van der Waals surface area contributed by atoms with Crippen LogP contribution in [0.2, 0.25) is 0 Å². The third-order valence-corrected chi connectivity index (χ3v) is 11.4. The van der Waals surface area contributed by atoms with Crippen LogP contribution in [0.5, 0.6) is 0 Å². The number of ether oxygens (including phenoxy) is 3. The molecule has 0 fully saturated rings. The maximum atomic E-state index is 12.8. The van der Waals surface area contributed by atoms with Gasteiger partial charge >= 0.3 is 11.9 Å². The topological polar surface area (TPSA) is 61.8 Å². The van der Waals surface area contributed by atoms with E-state index in [1.165, 1.54) is 135 Å². The minimum Gasteiger partial charge on any atom is -0.462 e. The summed E-state index contributed by atoms with van der Waals surface area (Å²) in [7, 11) is 0.